The maximum atomic E-state index is 5.75. The largest absolute Gasteiger partial charge is 0.378 e. The monoisotopic (exact) mass is 275 g/mol. The molecule has 0 aromatic heterocycles. The van der Waals surface area contributed by atoms with Crippen LogP contribution in [0.1, 0.15) is 51.0 Å². The minimum atomic E-state index is 0.272. The fourth-order valence-electron chi connectivity index (χ4n) is 3.51. The van der Waals surface area contributed by atoms with E-state index in [1.165, 1.54) is 44.1 Å². The number of benzene rings is 1. The maximum absolute atomic E-state index is 5.75. The third-order valence-electron chi connectivity index (χ3n) is 4.78. The first-order valence-corrected chi connectivity index (χ1v) is 8.12. The summed E-state index contributed by atoms with van der Waals surface area (Å²) in [7, 11) is 2.06. The average molecular weight is 275 g/mol. The Labute approximate surface area is 123 Å². The molecule has 1 aliphatic heterocycles. The molecule has 0 amide bonds. The molecule has 1 heterocycles. The van der Waals surface area contributed by atoms with E-state index in [0.717, 1.165) is 13.2 Å². The molecule has 1 aromatic carbocycles. The molecule has 0 radical (unpaired) electrons. The average Bonchev–Trinajstić information content (AvgIpc) is 3.00. The Bertz CT molecular complexity index is 372. The first-order valence-electron chi connectivity index (χ1n) is 8.12. The molecule has 1 fully saturated rings. The summed E-state index contributed by atoms with van der Waals surface area (Å²) >= 11 is 0. The van der Waals surface area contributed by atoms with E-state index in [0.29, 0.717) is 6.10 Å². The normalized spacial score (nSPS) is 21.8. The fraction of sp³-hybridized carbons (Fsp3) is 0.667. The van der Waals surface area contributed by atoms with E-state index in [1.807, 2.05) is 0 Å². The third-order valence-corrected chi connectivity index (χ3v) is 4.78. The highest BCUT2D eigenvalue weighted by atomic mass is 16.5. The van der Waals surface area contributed by atoms with Crippen LogP contribution < -0.4 is 5.32 Å². The summed E-state index contributed by atoms with van der Waals surface area (Å²) in [5, 5.41) is 3.41. The molecule has 1 aliphatic rings. The number of likely N-dealkylation sites (N-methyl/N-ethyl adjacent to an activating group) is 1. The molecule has 0 spiro atoms. The zero-order chi connectivity index (χ0) is 14.3. The van der Waals surface area contributed by atoms with Crippen molar-refractivity contribution < 1.29 is 4.74 Å². The molecule has 1 saturated heterocycles. The van der Waals surface area contributed by atoms with Gasteiger partial charge >= 0.3 is 0 Å². The third kappa shape index (κ3) is 3.83. The van der Waals surface area contributed by atoms with Crippen molar-refractivity contribution in [3.05, 3.63) is 35.9 Å². The standard InChI is InChI=1S/C18H29NO/c1-3-18(15-19-2,16-9-5-4-6-10-16)13-7-11-17-12-8-14-20-17/h4-6,9-10,17,19H,3,7-8,11-15H2,1-2H3. The Balaban J connectivity index is 1.98. The van der Waals surface area contributed by atoms with Crippen molar-refractivity contribution in [1.29, 1.82) is 0 Å². The number of nitrogens with one attached hydrogen (secondary N) is 1. The lowest BCUT2D eigenvalue weighted by Gasteiger charge is -2.34. The summed E-state index contributed by atoms with van der Waals surface area (Å²) in [5.41, 5.74) is 1.75. The van der Waals surface area contributed by atoms with Crippen LogP contribution in [0.2, 0.25) is 0 Å². The summed E-state index contributed by atoms with van der Waals surface area (Å²) in [4.78, 5) is 0. The van der Waals surface area contributed by atoms with Crippen LogP contribution in [0, 0.1) is 0 Å². The van der Waals surface area contributed by atoms with Crippen LogP contribution in [-0.2, 0) is 10.2 Å². The Morgan fingerprint density at radius 2 is 2.10 bits per heavy atom. The van der Waals surface area contributed by atoms with E-state index in [9.17, 15) is 0 Å². The summed E-state index contributed by atoms with van der Waals surface area (Å²) in [5.74, 6) is 0. The van der Waals surface area contributed by atoms with Crippen LogP contribution in [0.3, 0.4) is 0 Å². The molecular formula is C18H29NO. The minimum absolute atomic E-state index is 0.272. The SMILES string of the molecule is CCC(CCCC1CCCO1)(CNC)c1ccccc1. The second-order valence-electron chi connectivity index (χ2n) is 6.06. The fourth-order valence-corrected chi connectivity index (χ4v) is 3.51. The molecule has 2 nitrogen and oxygen atoms in total. The van der Waals surface area contributed by atoms with E-state index in [2.05, 4.69) is 49.6 Å². The highest BCUT2D eigenvalue weighted by molar-refractivity contribution is 5.25. The van der Waals surface area contributed by atoms with Crippen LogP contribution in [-0.4, -0.2) is 26.3 Å². The van der Waals surface area contributed by atoms with Gasteiger partial charge in [-0.25, -0.2) is 0 Å². The van der Waals surface area contributed by atoms with E-state index in [-0.39, 0.29) is 5.41 Å². The molecule has 0 aliphatic carbocycles. The van der Waals surface area contributed by atoms with Crippen LogP contribution >= 0.6 is 0 Å². The van der Waals surface area contributed by atoms with Gasteiger partial charge in [-0.3, -0.25) is 0 Å². The Morgan fingerprint density at radius 3 is 2.70 bits per heavy atom. The lowest BCUT2D eigenvalue weighted by molar-refractivity contribution is 0.0997. The van der Waals surface area contributed by atoms with Crippen molar-refractivity contribution in [2.75, 3.05) is 20.2 Å². The molecule has 2 heteroatoms. The van der Waals surface area contributed by atoms with Crippen LogP contribution in [0.5, 0.6) is 0 Å². The van der Waals surface area contributed by atoms with Gasteiger partial charge in [0, 0.05) is 18.6 Å². The lowest BCUT2D eigenvalue weighted by atomic mass is 9.74. The topological polar surface area (TPSA) is 21.3 Å². The van der Waals surface area contributed by atoms with Crippen molar-refractivity contribution in [2.45, 2.75) is 57.0 Å². The second kappa shape index (κ2) is 7.80. The van der Waals surface area contributed by atoms with Crippen molar-refractivity contribution >= 4 is 0 Å². The van der Waals surface area contributed by atoms with Gasteiger partial charge in [0.05, 0.1) is 6.10 Å². The van der Waals surface area contributed by atoms with Crippen LogP contribution in [0.25, 0.3) is 0 Å². The Kier molecular flexibility index (Phi) is 6.06. The van der Waals surface area contributed by atoms with Crippen LogP contribution in [0.4, 0.5) is 0 Å². The van der Waals surface area contributed by atoms with Crippen molar-refractivity contribution in [3.63, 3.8) is 0 Å². The van der Waals surface area contributed by atoms with Gasteiger partial charge < -0.3 is 10.1 Å². The number of ether oxygens (including phenoxy) is 1. The van der Waals surface area contributed by atoms with E-state index in [1.54, 1.807) is 0 Å². The molecule has 0 saturated carbocycles. The van der Waals surface area contributed by atoms with Crippen molar-refractivity contribution in [2.24, 2.45) is 0 Å². The summed E-state index contributed by atoms with van der Waals surface area (Å²) < 4.78 is 5.75. The van der Waals surface area contributed by atoms with Crippen molar-refractivity contribution in [1.82, 2.24) is 5.32 Å². The molecule has 2 rings (SSSR count). The number of rotatable bonds is 8. The van der Waals surface area contributed by atoms with Gasteiger partial charge in [0.15, 0.2) is 0 Å². The molecule has 0 bridgehead atoms. The first-order chi connectivity index (χ1) is 9.80. The van der Waals surface area contributed by atoms with Gasteiger partial charge in [-0.05, 0) is 51.1 Å². The number of hydrogen-bond donors (Lipinski definition) is 1. The van der Waals surface area contributed by atoms with Gasteiger partial charge in [-0.15, -0.1) is 0 Å². The smallest absolute Gasteiger partial charge is 0.0576 e. The van der Waals surface area contributed by atoms with Gasteiger partial charge in [-0.2, -0.15) is 0 Å². The first kappa shape index (κ1) is 15.5. The van der Waals surface area contributed by atoms with Gasteiger partial charge in [0.1, 0.15) is 0 Å². The zero-order valence-electron chi connectivity index (χ0n) is 13.0. The number of hydrogen-bond acceptors (Lipinski definition) is 2. The summed E-state index contributed by atoms with van der Waals surface area (Å²) in [6.45, 7) is 4.34. The molecule has 20 heavy (non-hydrogen) atoms. The highest BCUT2D eigenvalue weighted by Gasteiger charge is 2.29. The molecule has 1 N–H and O–H groups in total. The van der Waals surface area contributed by atoms with Gasteiger partial charge in [0.2, 0.25) is 0 Å². The Hall–Kier alpha value is -0.860. The van der Waals surface area contributed by atoms with Crippen LogP contribution in [0.15, 0.2) is 30.3 Å². The zero-order valence-corrected chi connectivity index (χ0v) is 13.0. The van der Waals surface area contributed by atoms with E-state index < -0.39 is 0 Å². The van der Waals surface area contributed by atoms with Gasteiger partial charge in [0.25, 0.3) is 0 Å². The highest BCUT2D eigenvalue weighted by Crippen LogP contribution is 2.33. The predicted octanol–water partition coefficient (Wildman–Crippen LogP) is 3.90. The molecule has 2 atom stereocenters. The minimum Gasteiger partial charge on any atom is -0.378 e. The summed E-state index contributed by atoms with van der Waals surface area (Å²) in [6.07, 6.45) is 7.94. The maximum Gasteiger partial charge on any atom is 0.0576 e. The summed E-state index contributed by atoms with van der Waals surface area (Å²) in [6, 6.07) is 11.0. The lowest BCUT2D eigenvalue weighted by Crippen LogP contribution is -2.36. The van der Waals surface area contributed by atoms with E-state index in [4.69, 9.17) is 4.74 Å². The second-order valence-corrected chi connectivity index (χ2v) is 6.06. The molecule has 112 valence electrons. The van der Waals surface area contributed by atoms with E-state index >= 15 is 0 Å². The quantitative estimate of drug-likeness (QED) is 0.777. The van der Waals surface area contributed by atoms with Gasteiger partial charge in [-0.1, -0.05) is 37.3 Å². The predicted molar refractivity (Wildman–Crippen MR) is 85.2 cm³/mol. The van der Waals surface area contributed by atoms with Crippen molar-refractivity contribution in [3.8, 4) is 0 Å². The molecule has 2 unspecified atom stereocenters. The Morgan fingerprint density at radius 1 is 1.30 bits per heavy atom. The molecular weight excluding hydrogens is 246 g/mol. The molecule has 1 aromatic rings.